The maximum absolute atomic E-state index is 15.3. The SMILES string of the molecule is C[C@@H]1c2ccccc2CCN1C(=O)c1cc(C2CC2)n2nc(-c3ccc(N4CCC(N)C4)cc3F)cc2n1. The fourth-order valence-electron chi connectivity index (χ4n) is 6.04. The van der Waals surface area contributed by atoms with E-state index in [9.17, 15) is 4.79 Å². The van der Waals surface area contributed by atoms with E-state index in [1.165, 1.54) is 11.1 Å². The Kier molecular flexibility index (Phi) is 5.47. The summed E-state index contributed by atoms with van der Waals surface area (Å²) in [4.78, 5) is 22.5. The molecule has 2 aliphatic heterocycles. The molecular weight excluding hydrogens is 479 g/mol. The van der Waals surface area contributed by atoms with Gasteiger partial charge in [0, 0.05) is 54.6 Å². The van der Waals surface area contributed by atoms with Crippen LogP contribution in [0.15, 0.2) is 54.6 Å². The molecule has 2 fully saturated rings. The van der Waals surface area contributed by atoms with Crippen molar-refractivity contribution >= 4 is 17.2 Å². The Bertz CT molecular complexity index is 1560. The summed E-state index contributed by atoms with van der Waals surface area (Å²) in [6.45, 7) is 4.31. The van der Waals surface area contributed by atoms with Crippen LogP contribution in [0.2, 0.25) is 0 Å². The molecule has 8 heteroatoms. The normalized spacial score (nSPS) is 21.2. The zero-order valence-corrected chi connectivity index (χ0v) is 21.5. The molecule has 0 radical (unpaired) electrons. The highest BCUT2D eigenvalue weighted by molar-refractivity contribution is 5.93. The van der Waals surface area contributed by atoms with E-state index < -0.39 is 0 Å². The fraction of sp³-hybridized carbons (Fsp3) is 0.367. The molecule has 0 bridgehead atoms. The number of carbonyl (C=O) groups is 1. The van der Waals surface area contributed by atoms with Gasteiger partial charge in [-0.3, -0.25) is 4.79 Å². The highest BCUT2D eigenvalue weighted by Gasteiger charge is 2.32. The first kappa shape index (κ1) is 23.3. The predicted octanol–water partition coefficient (Wildman–Crippen LogP) is 4.71. The predicted molar refractivity (Wildman–Crippen MR) is 145 cm³/mol. The van der Waals surface area contributed by atoms with E-state index in [-0.39, 0.29) is 23.8 Å². The van der Waals surface area contributed by atoms with Gasteiger partial charge in [-0.25, -0.2) is 13.9 Å². The molecule has 1 amide bonds. The van der Waals surface area contributed by atoms with Gasteiger partial charge >= 0.3 is 0 Å². The third-order valence-corrected chi connectivity index (χ3v) is 8.34. The molecule has 7 nitrogen and oxygen atoms in total. The lowest BCUT2D eigenvalue weighted by Crippen LogP contribution is -2.39. The van der Waals surface area contributed by atoms with Gasteiger partial charge in [0.25, 0.3) is 5.91 Å². The summed E-state index contributed by atoms with van der Waals surface area (Å²) in [7, 11) is 0. The zero-order valence-electron chi connectivity index (χ0n) is 21.5. The minimum absolute atomic E-state index is 0.0203. The van der Waals surface area contributed by atoms with E-state index in [0.29, 0.717) is 35.1 Å². The van der Waals surface area contributed by atoms with Crippen LogP contribution in [-0.4, -0.2) is 51.1 Å². The molecule has 1 saturated heterocycles. The third-order valence-electron chi connectivity index (χ3n) is 8.34. The topological polar surface area (TPSA) is 79.8 Å². The molecule has 1 unspecified atom stereocenters. The van der Waals surface area contributed by atoms with Crippen LogP contribution in [0.25, 0.3) is 16.9 Å². The van der Waals surface area contributed by atoms with Crippen LogP contribution in [0.3, 0.4) is 0 Å². The number of hydrogen-bond donors (Lipinski definition) is 1. The first-order chi connectivity index (χ1) is 18.5. The van der Waals surface area contributed by atoms with E-state index in [1.54, 1.807) is 22.7 Å². The van der Waals surface area contributed by atoms with Gasteiger partial charge in [0.15, 0.2) is 5.65 Å². The quantitative estimate of drug-likeness (QED) is 0.430. The van der Waals surface area contributed by atoms with E-state index in [1.807, 2.05) is 23.1 Å². The fourth-order valence-corrected chi connectivity index (χ4v) is 6.04. The van der Waals surface area contributed by atoms with Crippen molar-refractivity contribution in [1.82, 2.24) is 19.5 Å². The molecule has 1 aliphatic carbocycles. The van der Waals surface area contributed by atoms with Crippen molar-refractivity contribution < 1.29 is 9.18 Å². The minimum atomic E-state index is -0.323. The Morgan fingerprint density at radius 1 is 1.05 bits per heavy atom. The molecule has 3 aliphatic rings. The van der Waals surface area contributed by atoms with E-state index >= 15 is 4.39 Å². The molecular formula is C30H31FN6O. The number of halogens is 1. The van der Waals surface area contributed by atoms with E-state index in [2.05, 4.69) is 30.0 Å². The van der Waals surface area contributed by atoms with Crippen LogP contribution in [0, 0.1) is 5.82 Å². The minimum Gasteiger partial charge on any atom is -0.370 e. The van der Waals surface area contributed by atoms with Crippen molar-refractivity contribution in [1.29, 1.82) is 0 Å². The van der Waals surface area contributed by atoms with Crippen LogP contribution in [0.4, 0.5) is 10.1 Å². The molecule has 4 aromatic rings. The Labute approximate surface area is 221 Å². The number of rotatable bonds is 4. The monoisotopic (exact) mass is 510 g/mol. The van der Waals surface area contributed by atoms with Crippen LogP contribution in [0.1, 0.15) is 65.5 Å². The van der Waals surface area contributed by atoms with E-state index in [0.717, 1.165) is 50.2 Å². The van der Waals surface area contributed by atoms with Crippen LogP contribution in [0.5, 0.6) is 0 Å². The molecule has 2 aromatic heterocycles. The first-order valence-electron chi connectivity index (χ1n) is 13.6. The van der Waals surface area contributed by atoms with Crippen LogP contribution < -0.4 is 10.6 Å². The number of nitrogens with two attached hydrogens (primary N) is 1. The lowest BCUT2D eigenvalue weighted by Gasteiger charge is -2.35. The number of amides is 1. The smallest absolute Gasteiger partial charge is 0.273 e. The van der Waals surface area contributed by atoms with Crippen molar-refractivity contribution in [2.45, 2.75) is 50.6 Å². The number of benzene rings is 2. The van der Waals surface area contributed by atoms with Gasteiger partial charge in [0.1, 0.15) is 11.5 Å². The highest BCUT2D eigenvalue weighted by Crippen LogP contribution is 2.41. The summed E-state index contributed by atoms with van der Waals surface area (Å²) < 4.78 is 17.1. The number of fused-ring (bicyclic) bond motifs is 2. The van der Waals surface area contributed by atoms with Crippen LogP contribution in [-0.2, 0) is 6.42 Å². The number of nitrogens with zero attached hydrogens (tertiary/aromatic N) is 5. The summed E-state index contributed by atoms with van der Waals surface area (Å²) in [5.74, 6) is -0.0548. The highest BCUT2D eigenvalue weighted by atomic mass is 19.1. The maximum atomic E-state index is 15.3. The van der Waals surface area contributed by atoms with Gasteiger partial charge < -0.3 is 15.5 Å². The Morgan fingerprint density at radius 3 is 2.66 bits per heavy atom. The van der Waals surface area contributed by atoms with Crippen molar-refractivity contribution in [2.75, 3.05) is 24.5 Å². The number of aromatic nitrogens is 3. The molecule has 2 atom stereocenters. The molecule has 7 rings (SSSR count). The molecule has 4 heterocycles. The largest absolute Gasteiger partial charge is 0.370 e. The average molecular weight is 511 g/mol. The lowest BCUT2D eigenvalue weighted by atomic mass is 9.93. The maximum Gasteiger partial charge on any atom is 0.273 e. The van der Waals surface area contributed by atoms with Gasteiger partial charge in [-0.1, -0.05) is 24.3 Å². The number of anilines is 1. The van der Waals surface area contributed by atoms with Crippen LogP contribution >= 0.6 is 0 Å². The van der Waals surface area contributed by atoms with Gasteiger partial charge in [0.2, 0.25) is 0 Å². The lowest BCUT2D eigenvalue weighted by molar-refractivity contribution is 0.0671. The zero-order chi connectivity index (χ0) is 26.0. The molecule has 2 aromatic carbocycles. The van der Waals surface area contributed by atoms with Crippen molar-refractivity contribution in [3.8, 4) is 11.3 Å². The second-order valence-corrected chi connectivity index (χ2v) is 10.9. The Hall–Kier alpha value is -3.78. The second kappa shape index (κ2) is 8.91. The first-order valence-corrected chi connectivity index (χ1v) is 13.6. The van der Waals surface area contributed by atoms with Gasteiger partial charge in [0.05, 0.1) is 11.7 Å². The molecule has 0 spiro atoms. The van der Waals surface area contributed by atoms with Crippen molar-refractivity contribution in [2.24, 2.45) is 5.73 Å². The summed E-state index contributed by atoms with van der Waals surface area (Å²) in [5.41, 5.74) is 12.3. The number of carbonyl (C=O) groups excluding carboxylic acids is 1. The Morgan fingerprint density at radius 2 is 1.89 bits per heavy atom. The summed E-state index contributed by atoms with van der Waals surface area (Å²) >= 11 is 0. The molecule has 194 valence electrons. The number of hydrogen-bond acceptors (Lipinski definition) is 5. The van der Waals surface area contributed by atoms with E-state index in [4.69, 9.17) is 15.8 Å². The summed E-state index contributed by atoms with van der Waals surface area (Å²) in [5, 5.41) is 4.76. The molecule has 1 saturated carbocycles. The molecule has 38 heavy (non-hydrogen) atoms. The van der Waals surface area contributed by atoms with Gasteiger partial charge in [-0.15, -0.1) is 0 Å². The Balaban J connectivity index is 1.23. The molecule has 2 N–H and O–H groups in total. The second-order valence-electron chi connectivity index (χ2n) is 10.9. The standard InChI is InChI=1S/C30H31FN6O/c1-18-23-5-3-2-4-19(23)10-13-36(18)30(38)27-15-28(20-6-7-20)37-29(33-27)16-26(34-37)24-9-8-22(14-25(24)31)35-12-11-21(32)17-35/h2-5,8-9,14-16,18,20-21H,6-7,10-13,17,32H2,1H3/t18-,21?/m1/s1. The average Bonchev–Trinajstić information content (AvgIpc) is 3.53. The van der Waals surface area contributed by atoms with Gasteiger partial charge in [-0.05, 0) is 68.0 Å². The van der Waals surface area contributed by atoms with Gasteiger partial charge in [-0.2, -0.15) is 5.10 Å². The third kappa shape index (κ3) is 3.95. The summed E-state index contributed by atoms with van der Waals surface area (Å²) in [6.07, 6.45) is 3.85. The summed E-state index contributed by atoms with van der Waals surface area (Å²) in [6, 6.07) is 17.4. The van der Waals surface area contributed by atoms with Crippen molar-refractivity contribution in [3.63, 3.8) is 0 Å². The van der Waals surface area contributed by atoms with Crippen molar-refractivity contribution in [3.05, 3.63) is 82.9 Å².